The molecule has 0 aliphatic heterocycles. The largest absolute Gasteiger partial charge is 0.493 e. The van der Waals surface area contributed by atoms with E-state index in [0.717, 1.165) is 22.2 Å². The second kappa shape index (κ2) is 6.89. The Bertz CT molecular complexity index is 928. The number of methoxy groups -OCH3 is 1. The molecule has 1 amide bonds. The van der Waals surface area contributed by atoms with E-state index in [9.17, 15) is 4.79 Å². The third-order valence-electron chi connectivity index (χ3n) is 4.29. The lowest BCUT2D eigenvalue weighted by atomic mass is 10.1. The lowest BCUT2D eigenvalue weighted by Gasteiger charge is -2.12. The van der Waals surface area contributed by atoms with Crippen LogP contribution in [0.1, 0.15) is 28.5 Å². The van der Waals surface area contributed by atoms with E-state index in [1.54, 1.807) is 25.3 Å². The van der Waals surface area contributed by atoms with Gasteiger partial charge in [0.25, 0.3) is 5.91 Å². The molecular weight excluding hydrogens is 316 g/mol. The molecule has 3 aromatic rings. The van der Waals surface area contributed by atoms with Crippen molar-refractivity contribution in [1.29, 1.82) is 0 Å². The molecule has 5 heteroatoms. The van der Waals surface area contributed by atoms with Crippen LogP contribution in [0.4, 0.5) is 5.69 Å². The third-order valence-corrected chi connectivity index (χ3v) is 4.29. The number of carbonyl (C=O) groups excluding carboxylic acids is 1. The quantitative estimate of drug-likeness (QED) is 0.723. The van der Waals surface area contributed by atoms with Gasteiger partial charge in [-0.15, -0.1) is 0 Å². The molecule has 0 saturated carbocycles. The number of aryl methyl sites for hydroxylation is 2. The van der Waals surface area contributed by atoms with Gasteiger partial charge in [0.1, 0.15) is 0 Å². The van der Waals surface area contributed by atoms with E-state index in [0.29, 0.717) is 29.4 Å². The average molecular weight is 338 g/mol. The maximum atomic E-state index is 12.6. The Labute approximate surface area is 147 Å². The Kier molecular flexibility index (Phi) is 4.65. The lowest BCUT2D eigenvalue weighted by Crippen LogP contribution is -2.12. The number of hydrogen-bond acceptors (Lipinski definition) is 3. The van der Waals surface area contributed by atoms with E-state index >= 15 is 0 Å². The molecule has 0 fully saturated rings. The predicted octanol–water partition coefficient (Wildman–Crippen LogP) is 4.44. The van der Waals surface area contributed by atoms with Crippen molar-refractivity contribution in [2.75, 3.05) is 19.0 Å². The Morgan fingerprint density at radius 2 is 1.92 bits per heavy atom. The maximum Gasteiger partial charge on any atom is 0.255 e. The van der Waals surface area contributed by atoms with Gasteiger partial charge in [0.15, 0.2) is 11.5 Å². The van der Waals surface area contributed by atoms with Gasteiger partial charge >= 0.3 is 0 Å². The summed E-state index contributed by atoms with van der Waals surface area (Å²) < 4.78 is 10.8. The van der Waals surface area contributed by atoms with Gasteiger partial charge in [-0.05, 0) is 56.7 Å². The first kappa shape index (κ1) is 16.9. The number of anilines is 1. The molecule has 5 nitrogen and oxygen atoms in total. The molecule has 1 aromatic heterocycles. The van der Waals surface area contributed by atoms with Crippen molar-refractivity contribution in [2.24, 2.45) is 0 Å². The van der Waals surface area contributed by atoms with Crippen molar-refractivity contribution in [3.8, 4) is 11.5 Å². The molecule has 0 atom stereocenters. The van der Waals surface area contributed by atoms with Gasteiger partial charge < -0.3 is 19.8 Å². The first-order valence-corrected chi connectivity index (χ1v) is 8.24. The van der Waals surface area contributed by atoms with Gasteiger partial charge in [-0.25, -0.2) is 0 Å². The highest BCUT2D eigenvalue weighted by Crippen LogP contribution is 2.30. The van der Waals surface area contributed by atoms with Gasteiger partial charge in [-0.3, -0.25) is 4.79 Å². The molecular formula is C20H22N2O3. The normalized spacial score (nSPS) is 10.7. The summed E-state index contributed by atoms with van der Waals surface area (Å²) in [4.78, 5) is 15.9. The number of benzene rings is 2. The Morgan fingerprint density at radius 3 is 2.64 bits per heavy atom. The van der Waals surface area contributed by atoms with Crippen LogP contribution in [0.25, 0.3) is 10.9 Å². The van der Waals surface area contributed by atoms with Crippen molar-refractivity contribution in [1.82, 2.24) is 4.98 Å². The van der Waals surface area contributed by atoms with Gasteiger partial charge in [0.2, 0.25) is 0 Å². The smallest absolute Gasteiger partial charge is 0.255 e. The van der Waals surface area contributed by atoms with Gasteiger partial charge in [-0.1, -0.05) is 0 Å². The summed E-state index contributed by atoms with van der Waals surface area (Å²) in [5.41, 5.74) is 4.58. The molecule has 3 rings (SSSR count). The maximum absolute atomic E-state index is 12.6. The minimum absolute atomic E-state index is 0.161. The fourth-order valence-corrected chi connectivity index (χ4v) is 2.83. The monoisotopic (exact) mass is 338 g/mol. The molecule has 130 valence electrons. The number of rotatable bonds is 5. The van der Waals surface area contributed by atoms with Crippen molar-refractivity contribution in [2.45, 2.75) is 20.8 Å². The van der Waals surface area contributed by atoms with Gasteiger partial charge in [0, 0.05) is 33.9 Å². The molecule has 0 aliphatic carbocycles. The van der Waals surface area contributed by atoms with Crippen LogP contribution in [0, 0.1) is 13.8 Å². The van der Waals surface area contributed by atoms with Gasteiger partial charge in [0.05, 0.1) is 13.7 Å². The highest BCUT2D eigenvalue weighted by Gasteiger charge is 2.12. The van der Waals surface area contributed by atoms with Crippen LogP contribution in [-0.4, -0.2) is 24.6 Å². The topological polar surface area (TPSA) is 63.3 Å². The van der Waals surface area contributed by atoms with Crippen LogP contribution in [-0.2, 0) is 0 Å². The molecule has 25 heavy (non-hydrogen) atoms. The minimum Gasteiger partial charge on any atom is -0.493 e. The lowest BCUT2D eigenvalue weighted by molar-refractivity contribution is 0.102. The van der Waals surface area contributed by atoms with Crippen molar-refractivity contribution >= 4 is 22.5 Å². The zero-order valence-electron chi connectivity index (χ0n) is 14.9. The zero-order chi connectivity index (χ0) is 18.0. The summed E-state index contributed by atoms with van der Waals surface area (Å²) in [6.07, 6.45) is 0. The Balaban J connectivity index is 1.85. The minimum atomic E-state index is -0.161. The molecule has 1 heterocycles. The summed E-state index contributed by atoms with van der Waals surface area (Å²) in [6, 6.07) is 11.0. The van der Waals surface area contributed by atoms with Crippen LogP contribution in [0.2, 0.25) is 0 Å². The fourth-order valence-electron chi connectivity index (χ4n) is 2.83. The van der Waals surface area contributed by atoms with E-state index in [4.69, 9.17) is 9.47 Å². The fraction of sp³-hybridized carbons (Fsp3) is 0.250. The van der Waals surface area contributed by atoms with Crippen LogP contribution < -0.4 is 14.8 Å². The number of aromatic amines is 1. The van der Waals surface area contributed by atoms with Crippen LogP contribution in [0.3, 0.4) is 0 Å². The van der Waals surface area contributed by atoms with Crippen molar-refractivity contribution < 1.29 is 14.3 Å². The summed E-state index contributed by atoms with van der Waals surface area (Å²) in [6.45, 7) is 6.54. The Hall–Kier alpha value is -2.95. The summed E-state index contributed by atoms with van der Waals surface area (Å²) in [5, 5.41) is 3.97. The van der Waals surface area contributed by atoms with Crippen LogP contribution in [0.5, 0.6) is 11.5 Å². The number of nitrogens with one attached hydrogen (secondary N) is 2. The number of H-pyrrole nitrogens is 1. The van der Waals surface area contributed by atoms with E-state index in [2.05, 4.69) is 10.3 Å². The SMILES string of the molecule is CCOc1ccc(NC(=O)c2ccc3[nH]c(C)c(C)c3c2)cc1OC. The average Bonchev–Trinajstić information content (AvgIpc) is 2.90. The first-order chi connectivity index (χ1) is 12.0. The number of hydrogen-bond donors (Lipinski definition) is 2. The highest BCUT2D eigenvalue weighted by atomic mass is 16.5. The number of amides is 1. The standard InChI is InChI=1S/C20H22N2O3/c1-5-25-18-9-7-15(11-19(18)24-4)22-20(23)14-6-8-17-16(10-14)12(2)13(3)21-17/h6-11,21H,5H2,1-4H3,(H,22,23). The summed E-state index contributed by atoms with van der Waals surface area (Å²) in [5.74, 6) is 1.08. The second-order valence-electron chi connectivity index (χ2n) is 5.89. The predicted molar refractivity (Wildman–Crippen MR) is 99.9 cm³/mol. The van der Waals surface area contributed by atoms with E-state index in [1.807, 2.05) is 39.0 Å². The number of aromatic nitrogens is 1. The summed E-state index contributed by atoms with van der Waals surface area (Å²) >= 11 is 0. The van der Waals surface area contributed by atoms with E-state index in [1.165, 1.54) is 0 Å². The Morgan fingerprint density at radius 1 is 1.12 bits per heavy atom. The first-order valence-electron chi connectivity index (χ1n) is 8.24. The van der Waals surface area contributed by atoms with Crippen molar-refractivity contribution in [3.63, 3.8) is 0 Å². The molecule has 0 aliphatic rings. The van der Waals surface area contributed by atoms with Gasteiger partial charge in [-0.2, -0.15) is 0 Å². The molecule has 2 N–H and O–H groups in total. The molecule has 0 spiro atoms. The number of ether oxygens (including phenoxy) is 2. The molecule has 0 unspecified atom stereocenters. The number of carbonyl (C=O) groups is 1. The number of fused-ring (bicyclic) bond motifs is 1. The van der Waals surface area contributed by atoms with E-state index in [-0.39, 0.29) is 5.91 Å². The van der Waals surface area contributed by atoms with Crippen LogP contribution in [0.15, 0.2) is 36.4 Å². The molecule has 0 radical (unpaired) electrons. The highest BCUT2D eigenvalue weighted by molar-refractivity contribution is 6.06. The molecule has 2 aromatic carbocycles. The molecule has 0 bridgehead atoms. The van der Waals surface area contributed by atoms with Crippen molar-refractivity contribution in [3.05, 3.63) is 53.2 Å². The zero-order valence-corrected chi connectivity index (χ0v) is 14.9. The second-order valence-corrected chi connectivity index (χ2v) is 5.89. The summed E-state index contributed by atoms with van der Waals surface area (Å²) in [7, 11) is 1.58. The third kappa shape index (κ3) is 3.31. The van der Waals surface area contributed by atoms with E-state index < -0.39 is 0 Å². The molecule has 0 saturated heterocycles. The van der Waals surface area contributed by atoms with Crippen LogP contribution >= 0.6 is 0 Å².